The number of alkyl halides is 3. The molecule has 2 N–H and O–H groups in total. The highest BCUT2D eigenvalue weighted by atomic mass is 19.4. The first-order valence-electron chi connectivity index (χ1n) is 7.73. The molecule has 1 atom stereocenters. The highest BCUT2D eigenvalue weighted by Crippen LogP contribution is 2.31. The summed E-state index contributed by atoms with van der Waals surface area (Å²) in [7, 11) is 0. The fourth-order valence-corrected chi connectivity index (χ4v) is 2.78. The number of unbranched alkanes of at least 4 members (excludes halogenated alkanes) is 2. The molecule has 128 valence electrons. The fraction of sp³-hybridized carbons (Fsp3) is 0.562. The van der Waals surface area contributed by atoms with Crippen molar-refractivity contribution in [1.29, 1.82) is 0 Å². The first-order valence-corrected chi connectivity index (χ1v) is 7.73. The Morgan fingerprint density at radius 2 is 1.87 bits per heavy atom. The van der Waals surface area contributed by atoms with E-state index in [4.69, 9.17) is 5.11 Å². The summed E-state index contributed by atoms with van der Waals surface area (Å²) in [5, 5.41) is 11.6. The Kier molecular flexibility index (Phi) is 6.01. The van der Waals surface area contributed by atoms with Crippen molar-refractivity contribution in [2.45, 2.75) is 31.5 Å². The largest absolute Gasteiger partial charge is 0.416 e. The SMILES string of the molecule is O=C1NCCN(CCCCCO)C1c1ccc(C(F)(F)F)cc1. The van der Waals surface area contributed by atoms with Crippen LogP contribution >= 0.6 is 0 Å². The molecule has 4 nitrogen and oxygen atoms in total. The summed E-state index contributed by atoms with van der Waals surface area (Å²) in [5.74, 6) is -0.182. The van der Waals surface area contributed by atoms with Gasteiger partial charge in [-0.2, -0.15) is 13.2 Å². The van der Waals surface area contributed by atoms with Gasteiger partial charge in [0.15, 0.2) is 0 Å². The van der Waals surface area contributed by atoms with Gasteiger partial charge in [0.05, 0.1) is 5.56 Å². The van der Waals surface area contributed by atoms with E-state index in [-0.39, 0.29) is 12.5 Å². The monoisotopic (exact) mass is 330 g/mol. The standard InChI is InChI=1S/C16H21F3N2O2/c17-16(18,19)13-6-4-12(5-7-13)14-15(23)20-8-10-21(14)9-2-1-3-11-22/h4-7,14,22H,1-3,8-11H2,(H,20,23). The average Bonchev–Trinajstić information content (AvgIpc) is 2.51. The summed E-state index contributed by atoms with van der Waals surface area (Å²) in [6.07, 6.45) is -1.97. The second-order valence-corrected chi connectivity index (χ2v) is 5.63. The van der Waals surface area contributed by atoms with Crippen molar-refractivity contribution in [3.05, 3.63) is 35.4 Å². The summed E-state index contributed by atoms with van der Waals surface area (Å²) in [4.78, 5) is 14.1. The van der Waals surface area contributed by atoms with Gasteiger partial charge in [0.2, 0.25) is 5.91 Å². The summed E-state index contributed by atoms with van der Waals surface area (Å²) >= 11 is 0. The van der Waals surface area contributed by atoms with Gasteiger partial charge in [-0.25, -0.2) is 0 Å². The van der Waals surface area contributed by atoms with Crippen molar-refractivity contribution in [3.8, 4) is 0 Å². The number of hydrogen-bond acceptors (Lipinski definition) is 3. The van der Waals surface area contributed by atoms with Crippen LogP contribution in [0.15, 0.2) is 24.3 Å². The number of carbonyl (C=O) groups is 1. The first-order chi connectivity index (χ1) is 10.9. The van der Waals surface area contributed by atoms with Crippen LogP contribution in [0.5, 0.6) is 0 Å². The van der Waals surface area contributed by atoms with Gasteiger partial charge in [-0.05, 0) is 43.5 Å². The third kappa shape index (κ3) is 4.68. The number of nitrogens with zero attached hydrogens (tertiary/aromatic N) is 1. The highest BCUT2D eigenvalue weighted by Gasteiger charge is 2.33. The summed E-state index contributed by atoms with van der Waals surface area (Å²) < 4.78 is 37.9. The number of benzene rings is 1. The number of amides is 1. The van der Waals surface area contributed by atoms with Crippen LogP contribution in [-0.4, -0.2) is 42.2 Å². The molecular formula is C16H21F3N2O2. The molecule has 7 heteroatoms. The number of piperazine rings is 1. The van der Waals surface area contributed by atoms with Crippen molar-refractivity contribution < 1.29 is 23.1 Å². The molecule has 23 heavy (non-hydrogen) atoms. The van der Waals surface area contributed by atoms with Gasteiger partial charge in [0.25, 0.3) is 0 Å². The maximum atomic E-state index is 12.6. The zero-order valence-corrected chi connectivity index (χ0v) is 12.8. The molecule has 0 spiro atoms. The molecule has 1 aromatic carbocycles. The highest BCUT2D eigenvalue weighted by molar-refractivity contribution is 5.83. The molecule has 0 saturated carbocycles. The fourth-order valence-electron chi connectivity index (χ4n) is 2.78. The smallest absolute Gasteiger partial charge is 0.396 e. The lowest BCUT2D eigenvalue weighted by Gasteiger charge is -2.35. The third-order valence-electron chi connectivity index (χ3n) is 3.97. The summed E-state index contributed by atoms with van der Waals surface area (Å²) in [6, 6.07) is 4.22. The molecule has 1 amide bonds. The number of halogens is 3. The predicted octanol–water partition coefficient (Wildman–Crippen LogP) is 2.34. The Morgan fingerprint density at radius 1 is 1.17 bits per heavy atom. The minimum Gasteiger partial charge on any atom is -0.396 e. The van der Waals surface area contributed by atoms with E-state index < -0.39 is 17.8 Å². The van der Waals surface area contributed by atoms with Crippen molar-refractivity contribution in [1.82, 2.24) is 10.2 Å². The molecule has 0 aliphatic carbocycles. The first kappa shape index (κ1) is 17.7. The topological polar surface area (TPSA) is 52.6 Å². The Bertz CT molecular complexity index is 517. The molecule has 1 aliphatic rings. The van der Waals surface area contributed by atoms with Crippen molar-refractivity contribution in [2.24, 2.45) is 0 Å². The van der Waals surface area contributed by atoms with E-state index in [2.05, 4.69) is 5.32 Å². The van der Waals surface area contributed by atoms with Gasteiger partial charge < -0.3 is 10.4 Å². The van der Waals surface area contributed by atoms with Crippen LogP contribution in [0.1, 0.15) is 36.4 Å². The predicted molar refractivity (Wildman–Crippen MR) is 79.7 cm³/mol. The van der Waals surface area contributed by atoms with Crippen LogP contribution in [0.2, 0.25) is 0 Å². The van der Waals surface area contributed by atoms with Crippen molar-refractivity contribution >= 4 is 5.91 Å². The molecule has 0 radical (unpaired) electrons. The Balaban J connectivity index is 2.10. The van der Waals surface area contributed by atoms with Crippen LogP contribution in [-0.2, 0) is 11.0 Å². The number of aliphatic hydroxyl groups excluding tert-OH is 1. The van der Waals surface area contributed by atoms with Gasteiger partial charge in [-0.1, -0.05) is 12.1 Å². The summed E-state index contributed by atoms with van der Waals surface area (Å²) in [5.41, 5.74) is -0.149. The quantitative estimate of drug-likeness (QED) is 0.787. The van der Waals surface area contributed by atoms with Gasteiger partial charge in [-0.15, -0.1) is 0 Å². The van der Waals surface area contributed by atoms with E-state index in [1.165, 1.54) is 12.1 Å². The zero-order chi connectivity index (χ0) is 16.9. The number of aliphatic hydroxyl groups is 1. The van der Waals surface area contributed by atoms with Crippen LogP contribution in [0.25, 0.3) is 0 Å². The molecule has 0 aromatic heterocycles. The Labute approximate surface area is 133 Å². The lowest BCUT2D eigenvalue weighted by atomic mass is 10.00. The number of hydrogen-bond donors (Lipinski definition) is 2. The average molecular weight is 330 g/mol. The zero-order valence-electron chi connectivity index (χ0n) is 12.8. The maximum Gasteiger partial charge on any atom is 0.416 e. The Hall–Kier alpha value is -1.60. The molecule has 1 saturated heterocycles. The minimum atomic E-state index is -4.38. The second-order valence-electron chi connectivity index (χ2n) is 5.63. The molecule has 0 bridgehead atoms. The molecule has 2 rings (SSSR count). The van der Waals surface area contributed by atoms with Crippen LogP contribution in [0, 0.1) is 0 Å². The lowest BCUT2D eigenvalue weighted by Crippen LogP contribution is -2.50. The number of nitrogens with one attached hydrogen (secondary N) is 1. The number of carbonyl (C=O) groups excluding carboxylic acids is 1. The van der Waals surface area contributed by atoms with Gasteiger partial charge in [0, 0.05) is 19.7 Å². The van der Waals surface area contributed by atoms with Gasteiger partial charge in [0.1, 0.15) is 6.04 Å². The van der Waals surface area contributed by atoms with E-state index in [1.54, 1.807) is 0 Å². The van der Waals surface area contributed by atoms with E-state index >= 15 is 0 Å². The summed E-state index contributed by atoms with van der Waals surface area (Å²) in [6.45, 7) is 2.02. The van der Waals surface area contributed by atoms with E-state index in [0.29, 0.717) is 31.6 Å². The second kappa shape index (κ2) is 7.79. The molecule has 1 fully saturated rings. The van der Waals surface area contributed by atoms with Gasteiger partial charge >= 0.3 is 6.18 Å². The van der Waals surface area contributed by atoms with E-state index in [9.17, 15) is 18.0 Å². The van der Waals surface area contributed by atoms with Crippen LogP contribution < -0.4 is 5.32 Å². The van der Waals surface area contributed by atoms with E-state index in [0.717, 1.165) is 25.0 Å². The van der Waals surface area contributed by atoms with Crippen LogP contribution in [0.3, 0.4) is 0 Å². The molecule has 1 aliphatic heterocycles. The van der Waals surface area contributed by atoms with Crippen molar-refractivity contribution in [2.75, 3.05) is 26.2 Å². The normalized spacial score (nSPS) is 19.7. The van der Waals surface area contributed by atoms with E-state index in [1.807, 2.05) is 4.90 Å². The molecule has 1 aromatic rings. The van der Waals surface area contributed by atoms with Crippen molar-refractivity contribution in [3.63, 3.8) is 0 Å². The Morgan fingerprint density at radius 3 is 2.48 bits per heavy atom. The molecule has 1 unspecified atom stereocenters. The third-order valence-corrected chi connectivity index (χ3v) is 3.97. The number of rotatable bonds is 6. The maximum absolute atomic E-state index is 12.6. The van der Waals surface area contributed by atoms with Gasteiger partial charge in [-0.3, -0.25) is 9.69 Å². The molecule has 1 heterocycles. The molecular weight excluding hydrogens is 309 g/mol. The minimum absolute atomic E-state index is 0.142. The lowest BCUT2D eigenvalue weighted by molar-refractivity contribution is -0.137. The van der Waals surface area contributed by atoms with Crippen LogP contribution in [0.4, 0.5) is 13.2 Å².